The lowest BCUT2D eigenvalue weighted by atomic mass is 9.95. The molecule has 49 heavy (non-hydrogen) atoms. The largest absolute Gasteiger partial charge is 0.312 e. The molecule has 0 aliphatic heterocycles. The summed E-state index contributed by atoms with van der Waals surface area (Å²) in [6.45, 7) is -0.771. The fourth-order valence-electron chi connectivity index (χ4n) is 4.38. The lowest BCUT2D eigenvalue weighted by Gasteiger charge is -2.18. The third kappa shape index (κ3) is 5.69. The van der Waals surface area contributed by atoms with Gasteiger partial charge in [-0.2, -0.15) is 0 Å². The molecule has 0 aliphatic rings. The van der Waals surface area contributed by atoms with Gasteiger partial charge in [0.2, 0.25) is 11.6 Å². The molecule has 1 unspecified atom stereocenters. The van der Waals surface area contributed by atoms with E-state index in [2.05, 4.69) is 9.98 Å². The van der Waals surface area contributed by atoms with Crippen LogP contribution in [0, 0.1) is 106 Å². The van der Waals surface area contributed by atoms with Crippen LogP contribution in [0.4, 0.5) is 74.6 Å². The van der Waals surface area contributed by atoms with Crippen molar-refractivity contribution in [3.8, 4) is 11.1 Å². The Kier molecular flexibility index (Phi) is 10.2. The van der Waals surface area contributed by atoms with Gasteiger partial charge in [-0.15, -0.1) is 9.24 Å². The van der Waals surface area contributed by atoms with Crippen molar-refractivity contribution in [2.24, 2.45) is 15.7 Å². The van der Waals surface area contributed by atoms with E-state index in [4.69, 9.17) is 5.73 Å². The lowest BCUT2D eigenvalue weighted by molar-refractivity contribution is 0.373. The molecule has 4 aromatic carbocycles. The molecule has 4 rings (SSSR count). The van der Waals surface area contributed by atoms with Gasteiger partial charge in [0, 0.05) is 16.4 Å². The average Bonchev–Trinajstić information content (AvgIpc) is 3.07. The molecule has 2 N–H and O–H groups in total. The van der Waals surface area contributed by atoms with Crippen LogP contribution in [0.2, 0.25) is 0 Å². The Morgan fingerprint density at radius 1 is 0.449 bits per heavy atom. The number of nitrogens with two attached hydrogens (primary N) is 1. The van der Waals surface area contributed by atoms with Gasteiger partial charge in [-0.05, 0) is 12.5 Å². The van der Waals surface area contributed by atoms with Gasteiger partial charge >= 0.3 is 0 Å². The Bertz CT molecular complexity index is 1980. The number of halogens is 17. The van der Waals surface area contributed by atoms with Gasteiger partial charge < -0.3 is 5.73 Å². The van der Waals surface area contributed by atoms with Gasteiger partial charge in [-0.3, -0.25) is 4.99 Å². The van der Waals surface area contributed by atoms with Crippen LogP contribution in [0.25, 0.3) is 11.1 Å². The molecule has 0 aromatic heterocycles. The van der Waals surface area contributed by atoms with Crippen molar-refractivity contribution in [3.05, 3.63) is 121 Å². The quantitative estimate of drug-likeness (QED) is 0.0559. The van der Waals surface area contributed by atoms with Crippen molar-refractivity contribution in [2.45, 2.75) is 6.92 Å². The average molecular weight is 741 g/mol. The van der Waals surface area contributed by atoms with Crippen molar-refractivity contribution in [3.63, 3.8) is 0 Å². The number of amidine groups is 1. The molecule has 3 nitrogen and oxygen atoms in total. The van der Waals surface area contributed by atoms with E-state index in [1.54, 1.807) is 0 Å². The molecule has 4 aromatic rings. The van der Waals surface area contributed by atoms with Crippen molar-refractivity contribution < 1.29 is 74.6 Å². The van der Waals surface area contributed by atoms with E-state index in [-0.39, 0.29) is 0 Å². The maximum Gasteiger partial charge on any atom is 0.200 e. The van der Waals surface area contributed by atoms with Crippen LogP contribution < -0.4 is 11.0 Å². The monoisotopic (exact) mass is 741 g/mol. The van der Waals surface area contributed by atoms with Crippen molar-refractivity contribution in [1.82, 2.24) is 0 Å². The molecule has 0 saturated heterocycles. The van der Waals surface area contributed by atoms with E-state index in [0.29, 0.717) is 6.92 Å². The van der Waals surface area contributed by atoms with Crippen LogP contribution in [0.1, 0.15) is 22.3 Å². The zero-order valence-electron chi connectivity index (χ0n) is 23.2. The minimum Gasteiger partial charge on any atom is -0.312 e. The molecule has 0 heterocycles. The second-order valence-corrected chi connectivity index (χ2v) is 9.95. The molecule has 0 fully saturated rings. The number of hydrogen-bond donors (Lipinski definition) is 1. The smallest absolute Gasteiger partial charge is 0.200 e. The standard InChI is InChI=1S/C28H9F17N3P/c1-3-4(10(30)19(39)18(38)9(3)29)5-11(31)16(36)8(17(37)27(5)49)28(47-2-46)48-26(6-12(32)20(40)24(44)21(41)13(6)33)7-14(34)22(42)25(45)23(43)15(7)35/h2,46,49H2,1H3/b47-28-. The third-order valence-corrected chi connectivity index (χ3v) is 7.23. The Morgan fingerprint density at radius 3 is 1.18 bits per heavy atom. The van der Waals surface area contributed by atoms with Crippen LogP contribution in [0.3, 0.4) is 0 Å². The van der Waals surface area contributed by atoms with E-state index in [1.165, 1.54) is 9.24 Å². The van der Waals surface area contributed by atoms with Gasteiger partial charge in [0.15, 0.2) is 87.3 Å². The Balaban J connectivity index is 2.22. The summed E-state index contributed by atoms with van der Waals surface area (Å²) >= 11 is 0. The number of aliphatic imine (C=N–C) groups is 2. The summed E-state index contributed by atoms with van der Waals surface area (Å²) in [5, 5.41) is -1.42. The maximum absolute atomic E-state index is 15.8. The molecule has 0 radical (unpaired) electrons. The van der Waals surface area contributed by atoms with Crippen LogP contribution in [-0.4, -0.2) is 18.2 Å². The van der Waals surface area contributed by atoms with Crippen molar-refractivity contribution in [1.29, 1.82) is 0 Å². The highest BCUT2D eigenvalue weighted by Crippen LogP contribution is 2.37. The first-order valence-electron chi connectivity index (χ1n) is 12.4. The first-order valence-corrected chi connectivity index (χ1v) is 13.0. The molecular formula is C28H9F17N3P. The summed E-state index contributed by atoms with van der Waals surface area (Å²) in [7, 11) is 1.29. The summed E-state index contributed by atoms with van der Waals surface area (Å²) in [6, 6.07) is 0. The number of nitrogens with zero attached hydrogens (tertiary/aromatic N) is 2. The Hall–Kier alpha value is -4.58. The highest BCUT2D eigenvalue weighted by molar-refractivity contribution is 7.28. The van der Waals surface area contributed by atoms with E-state index in [1.807, 2.05) is 0 Å². The van der Waals surface area contributed by atoms with Crippen LogP contribution in [-0.2, 0) is 0 Å². The second kappa shape index (κ2) is 13.4. The topological polar surface area (TPSA) is 50.7 Å². The first-order chi connectivity index (χ1) is 22.7. The van der Waals surface area contributed by atoms with Crippen LogP contribution >= 0.6 is 9.24 Å². The van der Waals surface area contributed by atoms with Gasteiger partial charge in [0.25, 0.3) is 0 Å². The normalized spacial score (nSPS) is 11.9. The van der Waals surface area contributed by atoms with E-state index >= 15 is 13.2 Å². The van der Waals surface area contributed by atoms with E-state index in [0.717, 1.165) is 0 Å². The highest BCUT2D eigenvalue weighted by atomic mass is 31.0. The molecule has 0 saturated carbocycles. The summed E-state index contributed by atoms with van der Waals surface area (Å²) < 4.78 is 247. The molecule has 0 amide bonds. The highest BCUT2D eigenvalue weighted by Gasteiger charge is 2.37. The number of benzene rings is 4. The van der Waals surface area contributed by atoms with Gasteiger partial charge in [-0.1, -0.05) is 0 Å². The zero-order chi connectivity index (χ0) is 37.1. The summed E-state index contributed by atoms with van der Waals surface area (Å²) in [5.74, 6) is -48.4. The second-order valence-electron chi connectivity index (χ2n) is 9.38. The maximum atomic E-state index is 15.8. The Labute approximate surface area is 262 Å². The molecule has 1 atom stereocenters. The minimum atomic E-state index is -2.97. The van der Waals surface area contributed by atoms with E-state index < -0.39 is 156 Å². The molecule has 0 bridgehead atoms. The molecule has 0 aliphatic carbocycles. The third-order valence-electron chi connectivity index (χ3n) is 6.68. The van der Waals surface area contributed by atoms with Gasteiger partial charge in [0.1, 0.15) is 5.82 Å². The molecular weight excluding hydrogens is 732 g/mol. The molecule has 260 valence electrons. The van der Waals surface area contributed by atoms with Crippen LogP contribution in [0.5, 0.6) is 0 Å². The number of rotatable bonds is 5. The summed E-state index contributed by atoms with van der Waals surface area (Å²) in [6.07, 6.45) is 0. The lowest BCUT2D eigenvalue weighted by Crippen LogP contribution is -2.24. The molecule has 0 spiro atoms. The summed E-state index contributed by atoms with van der Waals surface area (Å²) in [4.78, 5) is 6.04. The SMILES string of the molecule is Cc1c(F)c(F)c(F)c(F)c1-c1c(F)c(F)c(/C(N=C(c2c(F)c(F)c(F)c(F)c2F)c2c(F)c(F)c(F)c(F)c2F)=N/CN)c(F)c1P. The van der Waals surface area contributed by atoms with E-state index in [9.17, 15) is 61.5 Å². The number of hydrogen-bond acceptors (Lipinski definition) is 2. The van der Waals surface area contributed by atoms with Crippen molar-refractivity contribution in [2.75, 3.05) is 6.67 Å². The first kappa shape index (κ1) is 37.2. The zero-order valence-corrected chi connectivity index (χ0v) is 24.3. The van der Waals surface area contributed by atoms with Crippen LogP contribution in [0.15, 0.2) is 9.98 Å². The summed E-state index contributed by atoms with van der Waals surface area (Å²) in [5.41, 5.74) is -9.00. The predicted molar refractivity (Wildman–Crippen MR) is 139 cm³/mol. The minimum absolute atomic E-state index is 0.523. The van der Waals surface area contributed by atoms with Gasteiger partial charge in [-0.25, -0.2) is 79.6 Å². The molecule has 21 heteroatoms. The fraction of sp³-hybridized carbons (Fsp3) is 0.0714. The predicted octanol–water partition coefficient (Wildman–Crippen LogP) is 7.73. The fourth-order valence-corrected chi connectivity index (χ4v) is 4.80. The van der Waals surface area contributed by atoms with Gasteiger partial charge in [0.05, 0.1) is 29.1 Å². The Morgan fingerprint density at radius 2 is 0.776 bits per heavy atom. The van der Waals surface area contributed by atoms with Crippen molar-refractivity contribution >= 4 is 26.1 Å².